The number of piperidine rings is 1. The predicted octanol–water partition coefficient (Wildman–Crippen LogP) is 2.53. The molecule has 0 aromatic heterocycles. The van der Waals surface area contributed by atoms with Crippen LogP contribution in [-0.2, 0) is 4.74 Å². The Morgan fingerprint density at radius 3 is 2.74 bits per heavy atom. The van der Waals surface area contributed by atoms with Crippen molar-refractivity contribution in [1.82, 2.24) is 4.90 Å². The van der Waals surface area contributed by atoms with Gasteiger partial charge in [-0.25, -0.2) is 0 Å². The molecule has 0 bridgehead atoms. The summed E-state index contributed by atoms with van der Waals surface area (Å²) in [6.07, 6.45) is 6.20. The van der Waals surface area contributed by atoms with Gasteiger partial charge in [-0.05, 0) is 50.0 Å². The molecule has 0 amide bonds. The molecule has 1 saturated heterocycles. The number of aliphatic hydroxyl groups is 1. The SMILES string of the molecule is CCC1CCC(O)C(CN2CCC(C)C(OC)C2)C1. The predicted molar refractivity (Wildman–Crippen MR) is 78.1 cm³/mol. The second-order valence-corrected chi connectivity index (χ2v) is 6.71. The summed E-state index contributed by atoms with van der Waals surface area (Å²) in [5, 5.41) is 10.2. The van der Waals surface area contributed by atoms with Crippen molar-refractivity contribution in [2.45, 2.75) is 58.2 Å². The molecule has 19 heavy (non-hydrogen) atoms. The first-order chi connectivity index (χ1) is 9.13. The summed E-state index contributed by atoms with van der Waals surface area (Å²) in [4.78, 5) is 2.51. The minimum absolute atomic E-state index is 0.0804. The van der Waals surface area contributed by atoms with Crippen LogP contribution in [0.2, 0.25) is 0 Å². The quantitative estimate of drug-likeness (QED) is 0.851. The lowest BCUT2D eigenvalue weighted by atomic mass is 9.78. The van der Waals surface area contributed by atoms with Crippen molar-refractivity contribution in [2.24, 2.45) is 17.8 Å². The summed E-state index contributed by atoms with van der Waals surface area (Å²) in [6.45, 7) is 7.83. The molecule has 0 aromatic carbocycles. The highest BCUT2D eigenvalue weighted by Crippen LogP contribution is 2.32. The van der Waals surface area contributed by atoms with Crippen LogP contribution in [0.15, 0.2) is 0 Å². The highest BCUT2D eigenvalue weighted by Gasteiger charge is 2.32. The number of aliphatic hydroxyl groups excluding tert-OH is 1. The second-order valence-electron chi connectivity index (χ2n) is 6.71. The van der Waals surface area contributed by atoms with Gasteiger partial charge in [0.1, 0.15) is 0 Å². The molecule has 3 nitrogen and oxygen atoms in total. The van der Waals surface area contributed by atoms with E-state index in [-0.39, 0.29) is 6.10 Å². The third-order valence-electron chi connectivity index (χ3n) is 5.40. The summed E-state index contributed by atoms with van der Waals surface area (Å²) < 4.78 is 5.59. The van der Waals surface area contributed by atoms with Gasteiger partial charge in [0, 0.05) is 20.2 Å². The van der Waals surface area contributed by atoms with E-state index >= 15 is 0 Å². The van der Waals surface area contributed by atoms with Crippen LogP contribution in [0.5, 0.6) is 0 Å². The molecule has 1 aliphatic heterocycles. The standard InChI is InChI=1S/C16H31NO2/c1-4-13-5-6-15(18)14(9-13)10-17-8-7-12(2)16(11-17)19-3/h12-16,18H,4-11H2,1-3H3. The fraction of sp³-hybridized carbons (Fsp3) is 1.00. The first-order valence-electron chi connectivity index (χ1n) is 8.07. The third-order valence-corrected chi connectivity index (χ3v) is 5.40. The lowest BCUT2D eigenvalue weighted by molar-refractivity contribution is -0.0283. The topological polar surface area (TPSA) is 32.7 Å². The summed E-state index contributed by atoms with van der Waals surface area (Å²) in [5.74, 6) is 1.97. The number of hydrogen-bond donors (Lipinski definition) is 1. The van der Waals surface area contributed by atoms with Gasteiger partial charge < -0.3 is 14.7 Å². The molecule has 1 N–H and O–H groups in total. The first-order valence-corrected chi connectivity index (χ1v) is 8.07. The summed E-state index contributed by atoms with van der Waals surface area (Å²) in [7, 11) is 1.83. The normalized spacial score (nSPS) is 41.4. The average molecular weight is 269 g/mol. The average Bonchev–Trinajstić information content (AvgIpc) is 2.43. The molecule has 0 aromatic rings. The maximum atomic E-state index is 10.2. The fourth-order valence-corrected chi connectivity index (χ4v) is 3.81. The first kappa shape index (κ1) is 15.3. The number of nitrogens with zero attached hydrogens (tertiary/aromatic N) is 1. The molecule has 3 heteroatoms. The van der Waals surface area contributed by atoms with Crippen LogP contribution in [0.4, 0.5) is 0 Å². The summed E-state index contributed by atoms with van der Waals surface area (Å²) >= 11 is 0. The summed E-state index contributed by atoms with van der Waals surface area (Å²) in [6, 6.07) is 0. The molecule has 1 saturated carbocycles. The van der Waals surface area contributed by atoms with Gasteiger partial charge in [0.15, 0.2) is 0 Å². The molecule has 5 atom stereocenters. The monoisotopic (exact) mass is 269 g/mol. The molecule has 1 aliphatic carbocycles. The number of rotatable bonds is 4. The molecular weight excluding hydrogens is 238 g/mol. The lowest BCUT2D eigenvalue weighted by Crippen LogP contribution is -2.47. The van der Waals surface area contributed by atoms with E-state index in [1.165, 1.54) is 32.2 Å². The fourth-order valence-electron chi connectivity index (χ4n) is 3.81. The Morgan fingerprint density at radius 2 is 2.05 bits per heavy atom. The highest BCUT2D eigenvalue weighted by molar-refractivity contribution is 4.85. The van der Waals surface area contributed by atoms with Crippen molar-refractivity contribution in [3.05, 3.63) is 0 Å². The van der Waals surface area contributed by atoms with Crippen LogP contribution in [0.25, 0.3) is 0 Å². The molecule has 112 valence electrons. The van der Waals surface area contributed by atoms with Crippen LogP contribution in [0, 0.1) is 17.8 Å². The Balaban J connectivity index is 1.85. The minimum atomic E-state index is -0.0804. The maximum absolute atomic E-state index is 10.2. The largest absolute Gasteiger partial charge is 0.393 e. The van der Waals surface area contributed by atoms with Crippen molar-refractivity contribution in [3.63, 3.8) is 0 Å². The molecule has 1 heterocycles. The highest BCUT2D eigenvalue weighted by atomic mass is 16.5. The van der Waals surface area contributed by atoms with Crippen LogP contribution in [-0.4, -0.2) is 49.0 Å². The summed E-state index contributed by atoms with van der Waals surface area (Å²) in [5.41, 5.74) is 0. The van der Waals surface area contributed by atoms with Gasteiger partial charge in [-0.3, -0.25) is 0 Å². The van der Waals surface area contributed by atoms with E-state index in [4.69, 9.17) is 4.74 Å². The maximum Gasteiger partial charge on any atom is 0.0724 e. The smallest absolute Gasteiger partial charge is 0.0724 e. The van der Waals surface area contributed by atoms with E-state index in [2.05, 4.69) is 18.7 Å². The van der Waals surface area contributed by atoms with Gasteiger partial charge in [0.2, 0.25) is 0 Å². The Morgan fingerprint density at radius 1 is 1.26 bits per heavy atom. The molecule has 2 rings (SSSR count). The number of methoxy groups -OCH3 is 1. The zero-order chi connectivity index (χ0) is 13.8. The van der Waals surface area contributed by atoms with Crippen molar-refractivity contribution in [3.8, 4) is 0 Å². The zero-order valence-electron chi connectivity index (χ0n) is 12.8. The second kappa shape index (κ2) is 7.05. The number of hydrogen-bond acceptors (Lipinski definition) is 3. The number of ether oxygens (including phenoxy) is 1. The lowest BCUT2D eigenvalue weighted by Gasteiger charge is -2.41. The Labute approximate surface area is 118 Å². The molecule has 5 unspecified atom stereocenters. The Hall–Kier alpha value is -0.120. The number of likely N-dealkylation sites (tertiary alicyclic amines) is 1. The van der Waals surface area contributed by atoms with Crippen molar-refractivity contribution < 1.29 is 9.84 Å². The van der Waals surface area contributed by atoms with Crippen LogP contribution in [0.1, 0.15) is 46.0 Å². The molecule has 0 spiro atoms. The van der Waals surface area contributed by atoms with Crippen LogP contribution >= 0.6 is 0 Å². The molecule has 0 radical (unpaired) electrons. The Bertz CT molecular complexity index is 271. The van der Waals surface area contributed by atoms with E-state index < -0.39 is 0 Å². The van der Waals surface area contributed by atoms with E-state index in [0.29, 0.717) is 17.9 Å². The third kappa shape index (κ3) is 3.93. The molecular formula is C16H31NO2. The van der Waals surface area contributed by atoms with Gasteiger partial charge in [-0.15, -0.1) is 0 Å². The van der Waals surface area contributed by atoms with E-state index in [1.54, 1.807) is 0 Å². The van der Waals surface area contributed by atoms with E-state index in [1.807, 2.05) is 7.11 Å². The van der Waals surface area contributed by atoms with E-state index in [0.717, 1.165) is 25.4 Å². The van der Waals surface area contributed by atoms with Crippen LogP contribution in [0.3, 0.4) is 0 Å². The van der Waals surface area contributed by atoms with Crippen LogP contribution < -0.4 is 0 Å². The minimum Gasteiger partial charge on any atom is -0.393 e. The van der Waals surface area contributed by atoms with Gasteiger partial charge in [0.05, 0.1) is 12.2 Å². The molecule has 2 aliphatic rings. The van der Waals surface area contributed by atoms with Gasteiger partial charge in [-0.2, -0.15) is 0 Å². The molecule has 2 fully saturated rings. The van der Waals surface area contributed by atoms with Gasteiger partial charge in [-0.1, -0.05) is 20.3 Å². The van der Waals surface area contributed by atoms with E-state index in [9.17, 15) is 5.11 Å². The van der Waals surface area contributed by atoms with Crippen molar-refractivity contribution in [1.29, 1.82) is 0 Å². The van der Waals surface area contributed by atoms with Crippen molar-refractivity contribution in [2.75, 3.05) is 26.7 Å². The van der Waals surface area contributed by atoms with Gasteiger partial charge >= 0.3 is 0 Å². The van der Waals surface area contributed by atoms with Crippen molar-refractivity contribution >= 4 is 0 Å². The zero-order valence-corrected chi connectivity index (χ0v) is 12.8. The Kier molecular flexibility index (Phi) is 5.67. The van der Waals surface area contributed by atoms with Gasteiger partial charge in [0.25, 0.3) is 0 Å².